The Bertz CT molecular complexity index is 201. The van der Waals surface area contributed by atoms with E-state index in [2.05, 4.69) is 6.08 Å². The van der Waals surface area contributed by atoms with Crippen molar-refractivity contribution in [3.05, 3.63) is 42.0 Å². The van der Waals surface area contributed by atoms with Crippen molar-refractivity contribution in [2.75, 3.05) is 5.88 Å². The Hall–Kier alpha value is -0.750. The van der Waals surface area contributed by atoms with E-state index in [0.29, 0.717) is 5.88 Å². The van der Waals surface area contributed by atoms with Gasteiger partial charge in [-0.3, -0.25) is 0 Å². The third kappa shape index (κ3) is 2.24. The molecular formula is C9H8Cl. The molecule has 0 saturated carbocycles. The van der Waals surface area contributed by atoms with Crippen molar-refractivity contribution in [3.8, 4) is 0 Å². The lowest BCUT2D eigenvalue weighted by Crippen LogP contribution is -1.68. The predicted octanol–water partition coefficient (Wildman–Crippen LogP) is 2.74. The van der Waals surface area contributed by atoms with Gasteiger partial charge in [0.2, 0.25) is 0 Å². The van der Waals surface area contributed by atoms with E-state index in [9.17, 15) is 0 Å². The summed E-state index contributed by atoms with van der Waals surface area (Å²) in [6.45, 7) is 0. The van der Waals surface area contributed by atoms with Crippen molar-refractivity contribution in [2.45, 2.75) is 0 Å². The van der Waals surface area contributed by atoms with E-state index in [4.69, 9.17) is 11.6 Å². The van der Waals surface area contributed by atoms with Crippen LogP contribution < -0.4 is 0 Å². The number of hydrogen-bond acceptors (Lipinski definition) is 0. The van der Waals surface area contributed by atoms with E-state index in [1.165, 1.54) is 0 Å². The highest BCUT2D eigenvalue weighted by atomic mass is 35.5. The molecule has 0 spiro atoms. The minimum absolute atomic E-state index is 0.453. The number of hydrogen-bond donors (Lipinski definition) is 0. The van der Waals surface area contributed by atoms with Gasteiger partial charge in [-0.25, -0.2) is 0 Å². The maximum absolute atomic E-state index is 5.41. The Kier molecular flexibility index (Phi) is 3.04. The zero-order chi connectivity index (χ0) is 7.23. The van der Waals surface area contributed by atoms with Gasteiger partial charge in [-0.15, -0.1) is 11.6 Å². The summed E-state index contributed by atoms with van der Waals surface area (Å²) in [7, 11) is 0. The van der Waals surface area contributed by atoms with Crippen LogP contribution in [0.3, 0.4) is 0 Å². The topological polar surface area (TPSA) is 0 Å². The molecule has 0 atom stereocenters. The lowest BCUT2D eigenvalue weighted by molar-refractivity contribution is 1.62. The van der Waals surface area contributed by atoms with Crippen molar-refractivity contribution in [1.29, 1.82) is 0 Å². The van der Waals surface area contributed by atoms with Gasteiger partial charge in [-0.2, -0.15) is 0 Å². The Morgan fingerprint density at radius 2 is 2.00 bits per heavy atom. The number of alkyl halides is 1. The second kappa shape index (κ2) is 4.13. The van der Waals surface area contributed by atoms with Gasteiger partial charge < -0.3 is 0 Å². The van der Waals surface area contributed by atoms with Crippen LogP contribution >= 0.6 is 11.6 Å². The van der Waals surface area contributed by atoms with Crippen LogP contribution in [0.2, 0.25) is 0 Å². The van der Waals surface area contributed by atoms with E-state index in [1.54, 1.807) is 0 Å². The van der Waals surface area contributed by atoms with E-state index >= 15 is 0 Å². The third-order valence-electron chi connectivity index (χ3n) is 1.15. The molecule has 1 radical (unpaired) electrons. The quantitative estimate of drug-likeness (QED) is 0.571. The molecule has 0 saturated heterocycles. The maximum atomic E-state index is 5.41. The second-order valence-corrected chi connectivity index (χ2v) is 2.16. The SMILES string of the molecule is ClC/[C]=C/c1ccccc1. The molecule has 0 N–H and O–H groups in total. The molecular weight excluding hydrogens is 144 g/mol. The molecule has 0 nitrogen and oxygen atoms in total. The Balaban J connectivity index is 2.67. The van der Waals surface area contributed by atoms with Crippen LogP contribution in [0.5, 0.6) is 0 Å². The number of halogens is 1. The highest BCUT2D eigenvalue weighted by Gasteiger charge is 1.79. The molecule has 1 rings (SSSR count). The molecule has 1 aromatic rings. The summed E-state index contributed by atoms with van der Waals surface area (Å²) in [5, 5.41) is 0. The van der Waals surface area contributed by atoms with Gasteiger partial charge in [0, 0.05) is 5.88 Å². The number of allylic oxidation sites excluding steroid dienone is 1. The Morgan fingerprint density at radius 3 is 2.60 bits per heavy atom. The summed E-state index contributed by atoms with van der Waals surface area (Å²) in [6.07, 6.45) is 4.79. The molecule has 0 amide bonds. The summed E-state index contributed by atoms with van der Waals surface area (Å²) in [5.41, 5.74) is 1.14. The average molecular weight is 152 g/mol. The first kappa shape index (κ1) is 7.36. The van der Waals surface area contributed by atoms with Crippen molar-refractivity contribution in [3.63, 3.8) is 0 Å². The van der Waals surface area contributed by atoms with Gasteiger partial charge in [0.1, 0.15) is 0 Å². The maximum Gasteiger partial charge on any atom is 0.0477 e. The summed E-state index contributed by atoms with van der Waals surface area (Å²) >= 11 is 5.41. The first-order chi connectivity index (χ1) is 4.93. The Morgan fingerprint density at radius 1 is 1.30 bits per heavy atom. The van der Waals surface area contributed by atoms with Crippen LogP contribution in [-0.2, 0) is 0 Å². The highest BCUT2D eigenvalue weighted by molar-refractivity contribution is 6.18. The largest absolute Gasteiger partial charge is 0.122 e. The van der Waals surface area contributed by atoms with Crippen LogP contribution in [-0.4, -0.2) is 5.88 Å². The highest BCUT2D eigenvalue weighted by Crippen LogP contribution is 1.99. The van der Waals surface area contributed by atoms with Gasteiger partial charge in [0.15, 0.2) is 0 Å². The normalized spacial score (nSPS) is 10.5. The van der Waals surface area contributed by atoms with Gasteiger partial charge in [0.05, 0.1) is 0 Å². The van der Waals surface area contributed by atoms with Gasteiger partial charge in [0.25, 0.3) is 0 Å². The van der Waals surface area contributed by atoms with Crippen molar-refractivity contribution >= 4 is 17.7 Å². The monoisotopic (exact) mass is 151 g/mol. The first-order valence-electron chi connectivity index (χ1n) is 3.11. The fourth-order valence-electron chi connectivity index (χ4n) is 0.706. The third-order valence-corrected chi connectivity index (χ3v) is 1.30. The molecule has 0 aliphatic rings. The molecule has 0 aliphatic heterocycles. The molecule has 1 heteroatoms. The van der Waals surface area contributed by atoms with Gasteiger partial charge in [-0.1, -0.05) is 36.4 Å². The molecule has 1 aromatic carbocycles. The number of rotatable bonds is 2. The Labute approximate surface area is 66.1 Å². The van der Waals surface area contributed by atoms with Crippen LogP contribution in [0.15, 0.2) is 30.3 Å². The molecule has 0 heterocycles. The van der Waals surface area contributed by atoms with Crippen LogP contribution in [0.25, 0.3) is 6.08 Å². The summed E-state index contributed by atoms with van der Waals surface area (Å²) in [4.78, 5) is 0. The lowest BCUT2D eigenvalue weighted by Gasteiger charge is -1.87. The van der Waals surface area contributed by atoms with E-state index in [1.807, 2.05) is 36.4 Å². The minimum Gasteiger partial charge on any atom is -0.122 e. The van der Waals surface area contributed by atoms with Crippen LogP contribution in [0.4, 0.5) is 0 Å². The molecule has 0 bridgehead atoms. The minimum atomic E-state index is 0.453. The average Bonchev–Trinajstić information content (AvgIpc) is 2.03. The fraction of sp³-hybridized carbons (Fsp3) is 0.111. The molecule has 0 aromatic heterocycles. The summed E-state index contributed by atoms with van der Waals surface area (Å²) in [5.74, 6) is 0.453. The number of benzene rings is 1. The first-order valence-corrected chi connectivity index (χ1v) is 3.64. The smallest absolute Gasteiger partial charge is 0.0477 e. The zero-order valence-corrected chi connectivity index (χ0v) is 6.31. The van der Waals surface area contributed by atoms with E-state index in [-0.39, 0.29) is 0 Å². The fourth-order valence-corrected chi connectivity index (χ4v) is 0.783. The molecule has 51 valence electrons. The molecule has 0 aliphatic carbocycles. The molecule has 10 heavy (non-hydrogen) atoms. The molecule has 0 fully saturated rings. The standard InChI is InChI=1S/C9H8Cl/c10-8-4-7-9-5-2-1-3-6-9/h1-3,5-7H,8H2. The molecule has 0 unspecified atom stereocenters. The summed E-state index contributed by atoms with van der Waals surface area (Å²) in [6, 6.07) is 9.99. The summed E-state index contributed by atoms with van der Waals surface area (Å²) < 4.78 is 0. The zero-order valence-electron chi connectivity index (χ0n) is 5.55. The van der Waals surface area contributed by atoms with Crippen molar-refractivity contribution in [2.24, 2.45) is 0 Å². The lowest BCUT2D eigenvalue weighted by atomic mass is 10.2. The van der Waals surface area contributed by atoms with Crippen LogP contribution in [0, 0.1) is 6.08 Å². The second-order valence-electron chi connectivity index (χ2n) is 1.89. The van der Waals surface area contributed by atoms with E-state index < -0.39 is 0 Å². The van der Waals surface area contributed by atoms with Crippen molar-refractivity contribution < 1.29 is 0 Å². The van der Waals surface area contributed by atoms with Gasteiger partial charge >= 0.3 is 0 Å². The van der Waals surface area contributed by atoms with Crippen molar-refractivity contribution in [1.82, 2.24) is 0 Å². The van der Waals surface area contributed by atoms with Gasteiger partial charge in [-0.05, 0) is 11.6 Å². The van der Waals surface area contributed by atoms with Crippen LogP contribution in [0.1, 0.15) is 5.56 Å². The predicted molar refractivity (Wildman–Crippen MR) is 44.9 cm³/mol. The van der Waals surface area contributed by atoms with E-state index in [0.717, 1.165) is 5.56 Å².